The predicted molar refractivity (Wildman–Crippen MR) is 96.6 cm³/mol. The van der Waals surface area contributed by atoms with Crippen molar-refractivity contribution < 1.29 is 0 Å². The number of nitrogen functional groups attached to an aromatic ring is 1. The molecule has 0 aliphatic rings. The van der Waals surface area contributed by atoms with Crippen LogP contribution in [-0.4, -0.2) is 15.0 Å². The molecule has 0 radical (unpaired) electrons. The van der Waals surface area contributed by atoms with Gasteiger partial charge in [-0.2, -0.15) is 0 Å². The number of rotatable bonds is 3. The molecule has 0 amide bonds. The molecular formula is C20H16N4. The first kappa shape index (κ1) is 14.2. The largest absolute Gasteiger partial charge is 0.399 e. The van der Waals surface area contributed by atoms with Gasteiger partial charge in [-0.05, 0) is 24.3 Å². The van der Waals surface area contributed by atoms with E-state index in [9.17, 15) is 0 Å². The molecular weight excluding hydrogens is 296 g/mol. The zero-order valence-electron chi connectivity index (χ0n) is 13.0. The first-order valence-corrected chi connectivity index (χ1v) is 7.75. The first-order valence-electron chi connectivity index (χ1n) is 7.75. The Kier molecular flexibility index (Phi) is 3.56. The van der Waals surface area contributed by atoms with Gasteiger partial charge >= 0.3 is 0 Å². The fourth-order valence-electron chi connectivity index (χ4n) is 2.72. The topological polar surface area (TPSA) is 56.7 Å². The molecule has 4 heteroatoms. The molecule has 4 nitrogen and oxygen atoms in total. The van der Waals surface area contributed by atoms with E-state index in [0.29, 0.717) is 0 Å². The molecule has 0 unspecified atom stereocenters. The van der Waals surface area contributed by atoms with Crippen LogP contribution in [0.4, 0.5) is 5.69 Å². The Hall–Kier alpha value is -3.40. The Bertz CT molecular complexity index is 942. The highest BCUT2D eigenvalue weighted by molar-refractivity contribution is 5.79. The number of nitrogens with zero attached hydrogens (tertiary/aromatic N) is 3. The van der Waals surface area contributed by atoms with Crippen LogP contribution in [0.2, 0.25) is 0 Å². The van der Waals surface area contributed by atoms with Crippen molar-refractivity contribution in [3.8, 4) is 28.2 Å². The summed E-state index contributed by atoms with van der Waals surface area (Å²) in [6.07, 6.45) is 0. The van der Waals surface area contributed by atoms with Crippen LogP contribution < -0.4 is 5.73 Å². The minimum atomic E-state index is 0.725. The summed E-state index contributed by atoms with van der Waals surface area (Å²) in [6, 6.07) is 27.9. The summed E-state index contributed by atoms with van der Waals surface area (Å²) in [5, 5.41) is 8.84. The third kappa shape index (κ3) is 2.54. The fourth-order valence-corrected chi connectivity index (χ4v) is 2.72. The molecule has 3 aromatic carbocycles. The molecule has 0 fully saturated rings. The minimum absolute atomic E-state index is 0.725. The third-order valence-corrected chi connectivity index (χ3v) is 3.90. The van der Waals surface area contributed by atoms with E-state index in [2.05, 4.69) is 22.4 Å². The predicted octanol–water partition coefficient (Wildman–Crippen LogP) is 4.18. The van der Waals surface area contributed by atoms with E-state index in [0.717, 1.165) is 33.9 Å². The zero-order chi connectivity index (χ0) is 16.4. The van der Waals surface area contributed by atoms with Gasteiger partial charge in [0.25, 0.3) is 0 Å². The van der Waals surface area contributed by atoms with Crippen molar-refractivity contribution in [3.05, 3.63) is 84.9 Å². The second-order valence-electron chi connectivity index (χ2n) is 5.52. The SMILES string of the molecule is Nc1ccc(-n2nnc(-c3ccccc3)c2-c2ccccc2)cc1. The maximum Gasteiger partial charge on any atom is 0.121 e. The number of anilines is 1. The van der Waals surface area contributed by atoms with Gasteiger partial charge in [-0.1, -0.05) is 65.9 Å². The molecule has 1 aromatic heterocycles. The number of nitrogens with two attached hydrogens (primary N) is 1. The summed E-state index contributed by atoms with van der Waals surface area (Å²) in [4.78, 5) is 0. The van der Waals surface area contributed by atoms with Crippen molar-refractivity contribution in [2.75, 3.05) is 5.73 Å². The lowest BCUT2D eigenvalue weighted by atomic mass is 10.0. The standard InChI is InChI=1S/C20H16N4/c21-17-11-13-18(14-12-17)24-20(16-9-5-2-6-10-16)19(22-23-24)15-7-3-1-4-8-15/h1-14H,21H2. The van der Waals surface area contributed by atoms with Gasteiger partial charge in [-0.25, -0.2) is 4.68 Å². The number of hydrogen-bond donors (Lipinski definition) is 1. The van der Waals surface area contributed by atoms with Crippen LogP contribution in [-0.2, 0) is 0 Å². The molecule has 0 aliphatic carbocycles. The first-order chi connectivity index (χ1) is 11.8. The van der Waals surface area contributed by atoms with Crippen molar-refractivity contribution in [1.29, 1.82) is 0 Å². The van der Waals surface area contributed by atoms with Gasteiger partial charge < -0.3 is 5.73 Å². The molecule has 116 valence electrons. The average Bonchev–Trinajstić information content (AvgIpc) is 3.09. The molecule has 1 heterocycles. The van der Waals surface area contributed by atoms with Gasteiger partial charge in [0.2, 0.25) is 0 Å². The molecule has 4 rings (SSSR count). The number of benzene rings is 3. The number of hydrogen-bond acceptors (Lipinski definition) is 3. The molecule has 4 aromatic rings. The quantitative estimate of drug-likeness (QED) is 0.577. The van der Waals surface area contributed by atoms with Crippen LogP contribution >= 0.6 is 0 Å². The van der Waals surface area contributed by atoms with Gasteiger partial charge in [0.15, 0.2) is 0 Å². The van der Waals surface area contributed by atoms with Gasteiger partial charge in [0.1, 0.15) is 11.4 Å². The highest BCUT2D eigenvalue weighted by Crippen LogP contribution is 2.31. The number of aromatic nitrogens is 3. The molecule has 24 heavy (non-hydrogen) atoms. The lowest BCUT2D eigenvalue weighted by Crippen LogP contribution is -2.00. The molecule has 0 saturated carbocycles. The van der Waals surface area contributed by atoms with E-state index in [-0.39, 0.29) is 0 Å². The van der Waals surface area contributed by atoms with E-state index in [1.54, 1.807) is 0 Å². The molecule has 0 spiro atoms. The van der Waals surface area contributed by atoms with Gasteiger partial charge in [0.05, 0.1) is 5.69 Å². The summed E-state index contributed by atoms with van der Waals surface area (Å²) >= 11 is 0. The molecule has 0 aliphatic heterocycles. The molecule has 2 N–H and O–H groups in total. The molecule has 0 saturated heterocycles. The summed E-state index contributed by atoms with van der Waals surface area (Å²) in [7, 11) is 0. The Morgan fingerprint density at radius 1 is 0.667 bits per heavy atom. The van der Waals surface area contributed by atoms with Gasteiger partial charge in [0, 0.05) is 16.8 Å². The maximum absolute atomic E-state index is 5.80. The lowest BCUT2D eigenvalue weighted by molar-refractivity contribution is 0.809. The minimum Gasteiger partial charge on any atom is -0.399 e. The van der Waals surface area contributed by atoms with Crippen molar-refractivity contribution in [2.24, 2.45) is 0 Å². The van der Waals surface area contributed by atoms with Crippen LogP contribution in [0.1, 0.15) is 0 Å². The lowest BCUT2D eigenvalue weighted by Gasteiger charge is -2.09. The van der Waals surface area contributed by atoms with Crippen LogP contribution in [0.25, 0.3) is 28.2 Å². The van der Waals surface area contributed by atoms with E-state index >= 15 is 0 Å². The highest BCUT2D eigenvalue weighted by Gasteiger charge is 2.17. The molecule has 0 atom stereocenters. The smallest absolute Gasteiger partial charge is 0.121 e. The van der Waals surface area contributed by atoms with Crippen molar-refractivity contribution in [3.63, 3.8) is 0 Å². The van der Waals surface area contributed by atoms with Gasteiger partial charge in [-0.15, -0.1) is 5.10 Å². The van der Waals surface area contributed by atoms with Crippen molar-refractivity contribution in [1.82, 2.24) is 15.0 Å². The Labute approximate surface area is 140 Å². The normalized spacial score (nSPS) is 10.7. The second-order valence-corrected chi connectivity index (χ2v) is 5.52. The zero-order valence-corrected chi connectivity index (χ0v) is 13.0. The summed E-state index contributed by atoms with van der Waals surface area (Å²) in [5.41, 5.74) is 11.4. The van der Waals surface area contributed by atoms with Crippen LogP contribution in [0.3, 0.4) is 0 Å². The summed E-state index contributed by atoms with van der Waals surface area (Å²) in [5.74, 6) is 0. The van der Waals surface area contributed by atoms with E-state index in [4.69, 9.17) is 5.73 Å². The molecule has 0 bridgehead atoms. The van der Waals surface area contributed by atoms with Gasteiger partial charge in [-0.3, -0.25) is 0 Å². The monoisotopic (exact) mass is 312 g/mol. The van der Waals surface area contributed by atoms with Crippen LogP contribution in [0, 0.1) is 0 Å². The highest BCUT2D eigenvalue weighted by atomic mass is 15.4. The maximum atomic E-state index is 5.80. The van der Waals surface area contributed by atoms with E-state index in [1.807, 2.05) is 77.5 Å². The summed E-state index contributed by atoms with van der Waals surface area (Å²) in [6.45, 7) is 0. The van der Waals surface area contributed by atoms with Crippen LogP contribution in [0.15, 0.2) is 84.9 Å². The fraction of sp³-hybridized carbons (Fsp3) is 0. The Morgan fingerprint density at radius 3 is 1.88 bits per heavy atom. The van der Waals surface area contributed by atoms with Crippen molar-refractivity contribution >= 4 is 5.69 Å². The van der Waals surface area contributed by atoms with E-state index < -0.39 is 0 Å². The Morgan fingerprint density at radius 2 is 1.25 bits per heavy atom. The van der Waals surface area contributed by atoms with Crippen molar-refractivity contribution in [2.45, 2.75) is 0 Å². The third-order valence-electron chi connectivity index (χ3n) is 3.90. The van der Waals surface area contributed by atoms with E-state index in [1.165, 1.54) is 0 Å². The Balaban J connectivity index is 1.95. The van der Waals surface area contributed by atoms with Crippen LogP contribution in [0.5, 0.6) is 0 Å². The summed E-state index contributed by atoms with van der Waals surface area (Å²) < 4.78 is 1.86. The second kappa shape index (κ2) is 6.01. The average molecular weight is 312 g/mol.